The second-order valence-electron chi connectivity index (χ2n) is 10.5. The van der Waals surface area contributed by atoms with Crippen molar-refractivity contribution in [3.63, 3.8) is 0 Å². The highest BCUT2D eigenvalue weighted by atomic mass is 16.6. The summed E-state index contributed by atoms with van der Waals surface area (Å²) in [6.45, 7) is 5.44. The van der Waals surface area contributed by atoms with Gasteiger partial charge in [0.25, 0.3) is 0 Å². The van der Waals surface area contributed by atoms with E-state index in [9.17, 15) is 14.7 Å². The number of benzene rings is 1. The van der Waals surface area contributed by atoms with Gasteiger partial charge in [0, 0.05) is 17.3 Å². The maximum absolute atomic E-state index is 12.4. The molecule has 1 aliphatic heterocycles. The number of urea groups is 1. The number of pyridine rings is 1. The van der Waals surface area contributed by atoms with Crippen molar-refractivity contribution in [1.29, 1.82) is 0 Å². The minimum absolute atomic E-state index is 0.00400. The summed E-state index contributed by atoms with van der Waals surface area (Å²) in [7, 11) is 0. The number of hydrogen-bond donors (Lipinski definition) is 5. The molecular weight excluding hydrogens is 546 g/mol. The van der Waals surface area contributed by atoms with Crippen LogP contribution in [0.15, 0.2) is 61.3 Å². The minimum atomic E-state index is -1.20. The Kier molecular flexibility index (Phi) is 9.62. The number of para-hydroxylation sites is 1. The van der Waals surface area contributed by atoms with Crippen LogP contribution in [0.4, 0.5) is 16.3 Å². The molecule has 222 valence electrons. The lowest BCUT2D eigenvalue weighted by Crippen LogP contribution is -2.24. The van der Waals surface area contributed by atoms with E-state index in [-0.39, 0.29) is 41.6 Å². The molecule has 4 heterocycles. The molecular formula is C28H33N7O7. The predicted molar refractivity (Wildman–Crippen MR) is 152 cm³/mol. The van der Waals surface area contributed by atoms with Gasteiger partial charge in [-0.1, -0.05) is 39.0 Å². The third-order valence-electron chi connectivity index (χ3n) is 6.20. The van der Waals surface area contributed by atoms with Crippen molar-refractivity contribution in [3.8, 4) is 5.88 Å². The van der Waals surface area contributed by atoms with Gasteiger partial charge in [0.05, 0.1) is 12.4 Å². The van der Waals surface area contributed by atoms with Crippen LogP contribution < -0.4 is 15.4 Å². The smallest absolute Gasteiger partial charge is 0.341 e. The molecule has 1 saturated heterocycles. The van der Waals surface area contributed by atoms with Crippen LogP contribution in [0.2, 0.25) is 0 Å². The quantitative estimate of drug-likeness (QED) is 0.201. The van der Waals surface area contributed by atoms with E-state index in [0.29, 0.717) is 29.7 Å². The molecule has 0 saturated carbocycles. The molecule has 5 rings (SSSR count). The number of imidazole rings is 1. The molecule has 14 nitrogen and oxygen atoms in total. The maximum atomic E-state index is 12.4. The van der Waals surface area contributed by atoms with Crippen LogP contribution in [0, 0.1) is 5.41 Å². The summed E-state index contributed by atoms with van der Waals surface area (Å²) in [6.07, 6.45) is 3.96. The number of aromatic carboxylic acids is 1. The van der Waals surface area contributed by atoms with Gasteiger partial charge < -0.3 is 30.1 Å². The minimum Gasteiger partial charge on any atom is -0.477 e. The number of amides is 2. The SMILES string of the molecule is CC(C)(C)C(O)O.O=C(Nc1ccccc1)Nc1ncnc2c1ncn2C1CCC(COc2ncccc2C(=O)O)O1. The van der Waals surface area contributed by atoms with E-state index in [4.69, 9.17) is 19.7 Å². The number of hydrogen-bond acceptors (Lipinski definition) is 10. The van der Waals surface area contributed by atoms with Crippen molar-refractivity contribution in [1.82, 2.24) is 24.5 Å². The van der Waals surface area contributed by atoms with Crippen LogP contribution in [0.5, 0.6) is 5.88 Å². The summed E-state index contributed by atoms with van der Waals surface area (Å²) in [5.74, 6) is -0.779. The maximum Gasteiger partial charge on any atom is 0.341 e. The normalized spacial score (nSPS) is 16.5. The molecule has 0 radical (unpaired) electrons. The van der Waals surface area contributed by atoms with Crippen molar-refractivity contribution in [2.75, 3.05) is 17.2 Å². The number of carboxylic acid groups (broad SMARTS) is 1. The third kappa shape index (κ3) is 7.75. The molecule has 2 atom stereocenters. The lowest BCUT2D eigenvalue weighted by molar-refractivity contribution is -0.113. The Balaban J connectivity index is 0.000000517. The number of carbonyl (C=O) groups excluding carboxylic acids is 1. The average Bonchev–Trinajstić information content (AvgIpc) is 3.60. The Hall–Kier alpha value is -4.66. The van der Waals surface area contributed by atoms with Gasteiger partial charge in [0.2, 0.25) is 5.88 Å². The standard InChI is InChI=1S/C23H21N7O5.C5H12O2/c31-22(32)16-7-4-10-24-21(16)34-11-15-8-9-17(35-15)30-13-27-18-19(25-12-26-20(18)30)29-23(33)28-14-5-2-1-3-6-14;1-5(2,3)4(6)7/h1-7,10,12-13,15,17H,8-9,11H2,(H,31,32)(H2,25,26,28,29,33);4,6-7H,1-3H3. The van der Waals surface area contributed by atoms with Crippen LogP contribution in [0.1, 0.15) is 50.2 Å². The summed E-state index contributed by atoms with van der Waals surface area (Å²) < 4.78 is 13.5. The molecule has 2 amide bonds. The van der Waals surface area contributed by atoms with Crippen LogP contribution in [-0.2, 0) is 4.74 Å². The van der Waals surface area contributed by atoms with Gasteiger partial charge in [0.1, 0.15) is 24.7 Å². The van der Waals surface area contributed by atoms with E-state index >= 15 is 0 Å². The van der Waals surface area contributed by atoms with Gasteiger partial charge in [-0.2, -0.15) is 0 Å². The van der Waals surface area contributed by atoms with Gasteiger partial charge >= 0.3 is 12.0 Å². The first-order valence-corrected chi connectivity index (χ1v) is 13.2. The number of aliphatic hydroxyl groups excluding tert-OH is 1. The Morgan fingerprint density at radius 1 is 1.05 bits per heavy atom. The van der Waals surface area contributed by atoms with Gasteiger partial charge in [-0.05, 0) is 37.1 Å². The fourth-order valence-electron chi connectivity index (χ4n) is 3.80. The highest BCUT2D eigenvalue weighted by molar-refractivity contribution is 6.02. The Labute approximate surface area is 241 Å². The Morgan fingerprint density at radius 3 is 2.48 bits per heavy atom. The monoisotopic (exact) mass is 579 g/mol. The van der Waals surface area contributed by atoms with E-state index in [1.165, 1.54) is 18.6 Å². The molecule has 0 spiro atoms. The summed E-state index contributed by atoms with van der Waals surface area (Å²) >= 11 is 0. The molecule has 0 aliphatic carbocycles. The van der Waals surface area contributed by atoms with Crippen molar-refractivity contribution in [2.24, 2.45) is 5.41 Å². The van der Waals surface area contributed by atoms with Gasteiger partial charge in [-0.25, -0.2) is 29.5 Å². The third-order valence-corrected chi connectivity index (χ3v) is 6.20. The molecule has 4 aromatic rings. The van der Waals surface area contributed by atoms with Crippen molar-refractivity contribution >= 4 is 34.7 Å². The largest absolute Gasteiger partial charge is 0.477 e. The second kappa shape index (κ2) is 13.3. The number of anilines is 2. The lowest BCUT2D eigenvalue weighted by atomic mass is 9.96. The topological polar surface area (TPSA) is 194 Å². The first kappa shape index (κ1) is 30.3. The van der Waals surface area contributed by atoms with E-state index in [2.05, 4.69) is 30.6 Å². The van der Waals surface area contributed by atoms with E-state index < -0.39 is 18.3 Å². The number of fused-ring (bicyclic) bond motifs is 1. The molecule has 14 heteroatoms. The highest BCUT2D eigenvalue weighted by Gasteiger charge is 2.29. The van der Waals surface area contributed by atoms with Crippen molar-refractivity contribution < 1.29 is 34.4 Å². The molecule has 1 aliphatic rings. The highest BCUT2D eigenvalue weighted by Crippen LogP contribution is 2.32. The Bertz CT molecular complexity index is 1510. The number of nitrogens with one attached hydrogen (secondary N) is 2. The van der Waals surface area contributed by atoms with Crippen molar-refractivity contribution in [3.05, 3.63) is 66.9 Å². The number of ether oxygens (including phenoxy) is 2. The molecule has 1 fully saturated rings. The molecule has 0 bridgehead atoms. The summed E-state index contributed by atoms with van der Waals surface area (Å²) in [4.78, 5) is 40.6. The van der Waals surface area contributed by atoms with E-state index in [0.717, 1.165) is 0 Å². The summed E-state index contributed by atoms with van der Waals surface area (Å²) in [6, 6.07) is 11.6. The van der Waals surface area contributed by atoms with Crippen LogP contribution in [0.25, 0.3) is 11.2 Å². The fraction of sp³-hybridized carbons (Fsp3) is 0.357. The first-order valence-electron chi connectivity index (χ1n) is 13.2. The second-order valence-corrected chi connectivity index (χ2v) is 10.5. The summed E-state index contributed by atoms with van der Waals surface area (Å²) in [5.41, 5.74) is 1.20. The number of aromatic nitrogens is 5. The lowest BCUT2D eigenvalue weighted by Gasteiger charge is -2.19. The first-order chi connectivity index (χ1) is 20.0. The summed E-state index contributed by atoms with van der Waals surface area (Å²) in [5, 5.41) is 31.6. The Morgan fingerprint density at radius 2 is 1.79 bits per heavy atom. The average molecular weight is 580 g/mol. The number of carbonyl (C=O) groups is 2. The van der Waals surface area contributed by atoms with Crippen LogP contribution >= 0.6 is 0 Å². The van der Waals surface area contributed by atoms with Crippen LogP contribution in [-0.4, -0.2) is 70.8 Å². The number of carboxylic acids is 1. The van der Waals surface area contributed by atoms with Crippen LogP contribution in [0.3, 0.4) is 0 Å². The predicted octanol–water partition coefficient (Wildman–Crippen LogP) is 3.66. The van der Waals surface area contributed by atoms with Gasteiger partial charge in [-0.3, -0.25) is 9.88 Å². The number of aliphatic hydroxyl groups is 2. The zero-order chi connectivity index (χ0) is 30.3. The molecule has 5 N–H and O–H groups in total. The number of nitrogens with zero attached hydrogens (tertiary/aromatic N) is 5. The zero-order valence-electron chi connectivity index (χ0n) is 23.3. The van der Waals surface area contributed by atoms with Gasteiger partial charge in [-0.15, -0.1) is 0 Å². The van der Waals surface area contributed by atoms with E-state index in [1.807, 2.05) is 18.2 Å². The molecule has 1 aromatic carbocycles. The molecule has 3 aromatic heterocycles. The zero-order valence-corrected chi connectivity index (χ0v) is 23.3. The number of rotatable bonds is 7. The molecule has 2 unspecified atom stereocenters. The molecule has 42 heavy (non-hydrogen) atoms. The fourth-order valence-corrected chi connectivity index (χ4v) is 3.80. The van der Waals surface area contributed by atoms with Crippen molar-refractivity contribution in [2.45, 2.75) is 52.2 Å². The van der Waals surface area contributed by atoms with Gasteiger partial charge in [0.15, 0.2) is 23.3 Å². The van der Waals surface area contributed by atoms with E-state index in [1.54, 1.807) is 49.9 Å².